The van der Waals surface area contributed by atoms with Gasteiger partial charge in [-0.15, -0.1) is 0 Å². The normalized spacial score (nSPS) is 10.7. The summed E-state index contributed by atoms with van der Waals surface area (Å²) in [6, 6.07) is 20.1. The minimum Gasteiger partial charge on any atom is -0.424 e. The largest absolute Gasteiger partial charge is 0.424 e. The number of anilines is 2. The Morgan fingerprint density at radius 1 is 0.700 bits per heavy atom. The Hall–Kier alpha value is -3.80. The molecule has 0 bridgehead atoms. The molecule has 0 saturated heterocycles. The highest BCUT2D eigenvalue weighted by Gasteiger charge is 2.07. The van der Waals surface area contributed by atoms with Gasteiger partial charge in [-0.3, -0.25) is 0 Å². The van der Waals surface area contributed by atoms with E-state index in [4.69, 9.17) is 4.74 Å². The van der Waals surface area contributed by atoms with Crippen LogP contribution in [0.1, 0.15) is 22.8 Å². The molecule has 0 aliphatic rings. The molecular formula is C24H23N5O. The highest BCUT2D eigenvalue weighted by atomic mass is 16.5. The van der Waals surface area contributed by atoms with E-state index in [1.165, 1.54) is 5.56 Å². The molecule has 0 amide bonds. The summed E-state index contributed by atoms with van der Waals surface area (Å²) in [4.78, 5) is 17.7. The third-order valence-electron chi connectivity index (χ3n) is 4.48. The van der Waals surface area contributed by atoms with Crippen LogP contribution in [-0.2, 0) is 0 Å². The van der Waals surface area contributed by atoms with Crippen molar-refractivity contribution >= 4 is 11.5 Å². The number of aromatic nitrogens is 4. The number of benzene rings is 2. The third-order valence-corrected chi connectivity index (χ3v) is 4.48. The summed E-state index contributed by atoms with van der Waals surface area (Å²) in [7, 11) is 0. The first kappa shape index (κ1) is 19.5. The van der Waals surface area contributed by atoms with Gasteiger partial charge in [0.25, 0.3) is 0 Å². The summed E-state index contributed by atoms with van der Waals surface area (Å²) >= 11 is 0. The second-order valence-electron chi connectivity index (χ2n) is 7.24. The van der Waals surface area contributed by atoms with Crippen molar-refractivity contribution in [2.45, 2.75) is 27.7 Å². The van der Waals surface area contributed by atoms with Crippen molar-refractivity contribution in [1.82, 2.24) is 19.9 Å². The molecule has 0 saturated carbocycles. The van der Waals surface area contributed by atoms with Crippen LogP contribution in [-0.4, -0.2) is 19.9 Å². The minimum atomic E-state index is 0.349. The van der Waals surface area contributed by atoms with Crippen molar-refractivity contribution in [3.8, 4) is 23.0 Å². The molecule has 1 N–H and O–H groups in total. The molecule has 2 heterocycles. The highest BCUT2D eigenvalue weighted by molar-refractivity contribution is 5.66. The molecule has 4 aromatic rings. The smallest absolute Gasteiger partial charge is 0.322 e. The number of hydrogen-bond donors (Lipinski definition) is 1. The van der Waals surface area contributed by atoms with Crippen molar-refractivity contribution in [2.24, 2.45) is 0 Å². The van der Waals surface area contributed by atoms with E-state index < -0.39 is 0 Å². The van der Waals surface area contributed by atoms with Crippen LogP contribution in [0.5, 0.6) is 11.8 Å². The van der Waals surface area contributed by atoms with Gasteiger partial charge in [-0.25, -0.2) is 19.9 Å². The molecule has 2 aromatic carbocycles. The van der Waals surface area contributed by atoms with Crippen LogP contribution in [0.15, 0.2) is 60.7 Å². The van der Waals surface area contributed by atoms with Crippen molar-refractivity contribution < 1.29 is 4.74 Å². The lowest BCUT2D eigenvalue weighted by Gasteiger charge is -2.10. The van der Waals surface area contributed by atoms with Crippen LogP contribution in [0.2, 0.25) is 0 Å². The average Bonchev–Trinajstić information content (AvgIpc) is 2.69. The average molecular weight is 397 g/mol. The van der Waals surface area contributed by atoms with E-state index in [2.05, 4.69) is 56.4 Å². The minimum absolute atomic E-state index is 0.349. The Balaban J connectivity index is 1.51. The van der Waals surface area contributed by atoms with Gasteiger partial charge in [0.1, 0.15) is 17.4 Å². The molecule has 30 heavy (non-hydrogen) atoms. The quantitative estimate of drug-likeness (QED) is 0.465. The number of ether oxygens (including phenoxy) is 1. The predicted octanol–water partition coefficient (Wildman–Crippen LogP) is 5.70. The van der Waals surface area contributed by atoms with E-state index in [1.54, 1.807) is 0 Å². The zero-order chi connectivity index (χ0) is 21.1. The molecule has 4 rings (SSSR count). The first-order valence-electron chi connectivity index (χ1n) is 9.74. The first-order chi connectivity index (χ1) is 14.4. The van der Waals surface area contributed by atoms with Gasteiger partial charge in [-0.1, -0.05) is 29.8 Å². The number of hydrogen-bond acceptors (Lipinski definition) is 6. The van der Waals surface area contributed by atoms with Gasteiger partial charge in [-0.05, 0) is 58.0 Å². The van der Waals surface area contributed by atoms with Gasteiger partial charge >= 0.3 is 6.01 Å². The summed E-state index contributed by atoms with van der Waals surface area (Å²) in [6.45, 7) is 7.80. The lowest BCUT2D eigenvalue weighted by atomic mass is 10.1. The van der Waals surface area contributed by atoms with Crippen LogP contribution in [0.4, 0.5) is 11.5 Å². The molecule has 0 fully saturated rings. The molecule has 0 aliphatic heterocycles. The van der Waals surface area contributed by atoms with Crippen molar-refractivity contribution in [3.63, 3.8) is 0 Å². The topological polar surface area (TPSA) is 72.8 Å². The fourth-order valence-electron chi connectivity index (χ4n) is 3.10. The van der Waals surface area contributed by atoms with Gasteiger partial charge in [-0.2, -0.15) is 0 Å². The van der Waals surface area contributed by atoms with E-state index in [0.717, 1.165) is 34.2 Å². The van der Waals surface area contributed by atoms with Gasteiger partial charge in [0.05, 0.1) is 5.69 Å². The van der Waals surface area contributed by atoms with Crippen LogP contribution in [0.25, 0.3) is 11.3 Å². The maximum Gasteiger partial charge on any atom is 0.322 e. The molecule has 0 radical (unpaired) electrons. The zero-order valence-corrected chi connectivity index (χ0v) is 17.5. The Morgan fingerprint density at radius 3 is 2.03 bits per heavy atom. The van der Waals surface area contributed by atoms with Gasteiger partial charge in [0.2, 0.25) is 0 Å². The van der Waals surface area contributed by atoms with Crippen molar-refractivity contribution in [1.29, 1.82) is 0 Å². The van der Waals surface area contributed by atoms with Crippen molar-refractivity contribution in [2.75, 3.05) is 5.32 Å². The molecule has 2 aromatic heterocycles. The fourth-order valence-corrected chi connectivity index (χ4v) is 3.10. The van der Waals surface area contributed by atoms with E-state index in [0.29, 0.717) is 17.6 Å². The molecule has 6 nitrogen and oxygen atoms in total. The van der Waals surface area contributed by atoms with E-state index in [1.807, 2.05) is 57.2 Å². The van der Waals surface area contributed by atoms with Crippen LogP contribution >= 0.6 is 0 Å². The monoisotopic (exact) mass is 397 g/mol. The number of rotatable bonds is 5. The second kappa shape index (κ2) is 8.29. The number of nitrogens with zero attached hydrogens (tertiary/aromatic N) is 4. The Kier molecular flexibility index (Phi) is 5.39. The maximum absolute atomic E-state index is 5.78. The summed E-state index contributed by atoms with van der Waals surface area (Å²) < 4.78 is 5.78. The lowest BCUT2D eigenvalue weighted by Crippen LogP contribution is -1.99. The summed E-state index contributed by atoms with van der Waals surface area (Å²) in [5.41, 5.74) is 5.81. The van der Waals surface area contributed by atoms with Crippen LogP contribution in [0.3, 0.4) is 0 Å². The summed E-state index contributed by atoms with van der Waals surface area (Å²) in [5.74, 6) is 2.12. The second-order valence-corrected chi connectivity index (χ2v) is 7.24. The highest BCUT2D eigenvalue weighted by Crippen LogP contribution is 2.25. The molecule has 150 valence electrons. The fraction of sp³-hybridized carbons (Fsp3) is 0.167. The van der Waals surface area contributed by atoms with E-state index >= 15 is 0 Å². The molecule has 0 atom stereocenters. The first-order valence-corrected chi connectivity index (χ1v) is 9.74. The number of nitrogens with one attached hydrogen (secondary N) is 1. The third kappa shape index (κ3) is 4.78. The molecule has 0 unspecified atom stereocenters. The van der Waals surface area contributed by atoms with E-state index in [-0.39, 0.29) is 0 Å². The molecule has 6 heteroatoms. The zero-order valence-electron chi connectivity index (χ0n) is 17.5. The lowest BCUT2D eigenvalue weighted by molar-refractivity contribution is 0.439. The van der Waals surface area contributed by atoms with Gasteiger partial charge in [0.15, 0.2) is 0 Å². The summed E-state index contributed by atoms with van der Waals surface area (Å²) in [6.07, 6.45) is 0. The Morgan fingerprint density at radius 2 is 1.37 bits per heavy atom. The molecule has 0 aliphatic carbocycles. The standard InChI is InChI=1S/C24H23N5O/c1-15-5-7-19(8-6-15)22-14-23(28-18(4)27-22)29-20-9-11-21(12-10-20)30-24-25-16(2)13-17(3)26-24/h5-14H,1-4H3,(H,27,28,29). The number of aryl methyl sites for hydroxylation is 4. The van der Waals surface area contributed by atoms with Crippen molar-refractivity contribution in [3.05, 3.63) is 83.4 Å². The maximum atomic E-state index is 5.78. The predicted molar refractivity (Wildman–Crippen MR) is 118 cm³/mol. The van der Waals surface area contributed by atoms with Crippen LogP contribution in [0, 0.1) is 27.7 Å². The Labute approximate surface area is 176 Å². The van der Waals surface area contributed by atoms with Gasteiger partial charge < -0.3 is 10.1 Å². The Bertz CT molecular complexity index is 1150. The van der Waals surface area contributed by atoms with Crippen LogP contribution < -0.4 is 10.1 Å². The summed E-state index contributed by atoms with van der Waals surface area (Å²) in [5, 5.41) is 3.34. The van der Waals surface area contributed by atoms with Gasteiger partial charge in [0, 0.05) is 28.7 Å². The molecular weight excluding hydrogens is 374 g/mol. The molecule has 0 spiro atoms. The van der Waals surface area contributed by atoms with E-state index in [9.17, 15) is 0 Å². The SMILES string of the molecule is Cc1ccc(-c2cc(Nc3ccc(Oc4nc(C)cc(C)n4)cc3)nc(C)n2)cc1.